The van der Waals surface area contributed by atoms with Crippen molar-refractivity contribution in [3.05, 3.63) is 15.6 Å². The summed E-state index contributed by atoms with van der Waals surface area (Å²) in [7, 11) is 0. The topological polar surface area (TPSA) is 24.9 Å². The SMILES string of the molecule is CCCNCc1sc(C2(C)CC2)nc1C(C)(C)C. The molecule has 0 unspecified atom stereocenters. The summed E-state index contributed by atoms with van der Waals surface area (Å²) in [4.78, 5) is 6.42. The van der Waals surface area contributed by atoms with E-state index in [0.29, 0.717) is 5.41 Å². The molecule has 1 aromatic rings. The first-order valence-electron chi connectivity index (χ1n) is 7.08. The molecule has 3 heteroatoms. The zero-order chi connectivity index (χ0) is 13.4. The van der Waals surface area contributed by atoms with E-state index in [0.717, 1.165) is 13.1 Å². The fourth-order valence-electron chi connectivity index (χ4n) is 2.10. The molecule has 2 rings (SSSR count). The molecule has 0 bridgehead atoms. The van der Waals surface area contributed by atoms with Crippen LogP contribution >= 0.6 is 11.3 Å². The lowest BCUT2D eigenvalue weighted by molar-refractivity contribution is 0.554. The molecule has 0 spiro atoms. The van der Waals surface area contributed by atoms with E-state index < -0.39 is 0 Å². The standard InChI is InChI=1S/C15H26N2S/c1-6-9-16-10-11-12(14(2,3)4)17-13(18-11)15(5)7-8-15/h16H,6-10H2,1-5H3. The van der Waals surface area contributed by atoms with Crippen LogP contribution < -0.4 is 5.32 Å². The van der Waals surface area contributed by atoms with Gasteiger partial charge in [-0.05, 0) is 25.8 Å². The summed E-state index contributed by atoms with van der Waals surface area (Å²) < 4.78 is 0. The molecule has 0 atom stereocenters. The second kappa shape index (κ2) is 4.93. The average Bonchev–Trinajstić information content (AvgIpc) is 2.87. The van der Waals surface area contributed by atoms with E-state index >= 15 is 0 Å². The number of nitrogens with one attached hydrogen (secondary N) is 1. The van der Waals surface area contributed by atoms with E-state index in [4.69, 9.17) is 4.98 Å². The molecule has 18 heavy (non-hydrogen) atoms. The summed E-state index contributed by atoms with van der Waals surface area (Å²) in [6, 6.07) is 0. The first-order valence-corrected chi connectivity index (χ1v) is 7.90. The van der Waals surface area contributed by atoms with Crippen LogP contribution in [0, 0.1) is 0 Å². The third-order valence-corrected chi connectivity index (χ3v) is 5.00. The third kappa shape index (κ3) is 2.94. The second-order valence-electron chi connectivity index (χ2n) is 6.78. The summed E-state index contributed by atoms with van der Waals surface area (Å²) in [6.45, 7) is 13.4. The number of hydrogen-bond acceptors (Lipinski definition) is 3. The van der Waals surface area contributed by atoms with E-state index in [2.05, 4.69) is 39.9 Å². The van der Waals surface area contributed by atoms with Crippen molar-refractivity contribution >= 4 is 11.3 Å². The number of nitrogens with zero attached hydrogens (tertiary/aromatic N) is 1. The van der Waals surface area contributed by atoms with Crippen LogP contribution in [-0.4, -0.2) is 11.5 Å². The Morgan fingerprint density at radius 2 is 2.00 bits per heavy atom. The van der Waals surface area contributed by atoms with Crippen LogP contribution in [-0.2, 0) is 17.4 Å². The number of thiazole rings is 1. The molecule has 0 radical (unpaired) electrons. The van der Waals surface area contributed by atoms with E-state index in [1.807, 2.05) is 11.3 Å². The first-order chi connectivity index (χ1) is 8.37. The fourth-order valence-corrected chi connectivity index (χ4v) is 3.54. The molecule has 0 saturated heterocycles. The van der Waals surface area contributed by atoms with Crippen LogP contribution in [0.25, 0.3) is 0 Å². The number of rotatable bonds is 5. The summed E-state index contributed by atoms with van der Waals surface area (Å²) in [6.07, 6.45) is 3.81. The van der Waals surface area contributed by atoms with Gasteiger partial charge in [-0.2, -0.15) is 0 Å². The van der Waals surface area contributed by atoms with Crippen LogP contribution in [0.5, 0.6) is 0 Å². The monoisotopic (exact) mass is 266 g/mol. The predicted molar refractivity (Wildman–Crippen MR) is 79.4 cm³/mol. The van der Waals surface area contributed by atoms with E-state index in [-0.39, 0.29) is 5.41 Å². The zero-order valence-electron chi connectivity index (χ0n) is 12.4. The Bertz CT molecular complexity index is 411. The Balaban J connectivity index is 2.22. The Hall–Kier alpha value is -0.410. The van der Waals surface area contributed by atoms with Gasteiger partial charge in [0.25, 0.3) is 0 Å². The van der Waals surface area contributed by atoms with E-state index in [9.17, 15) is 0 Å². The van der Waals surface area contributed by atoms with Crippen LogP contribution in [0.4, 0.5) is 0 Å². The predicted octanol–water partition coefficient (Wildman–Crippen LogP) is 3.99. The van der Waals surface area contributed by atoms with Crippen molar-refractivity contribution in [3.63, 3.8) is 0 Å². The van der Waals surface area contributed by atoms with Gasteiger partial charge in [-0.25, -0.2) is 4.98 Å². The minimum absolute atomic E-state index is 0.156. The van der Waals surface area contributed by atoms with E-state index in [1.165, 1.54) is 34.8 Å². The largest absolute Gasteiger partial charge is 0.312 e. The Kier molecular flexibility index (Phi) is 3.84. The Morgan fingerprint density at radius 3 is 2.50 bits per heavy atom. The molecule has 1 saturated carbocycles. The van der Waals surface area contributed by atoms with Gasteiger partial charge in [0.2, 0.25) is 0 Å². The van der Waals surface area contributed by atoms with Crippen LogP contribution in [0.15, 0.2) is 0 Å². The van der Waals surface area contributed by atoms with Crippen molar-refractivity contribution in [1.29, 1.82) is 0 Å². The minimum Gasteiger partial charge on any atom is -0.312 e. The lowest BCUT2D eigenvalue weighted by Gasteiger charge is -2.17. The van der Waals surface area contributed by atoms with Gasteiger partial charge in [-0.15, -0.1) is 11.3 Å². The molecular formula is C15H26N2S. The maximum Gasteiger partial charge on any atom is 0.0990 e. The van der Waals surface area contributed by atoms with E-state index in [1.54, 1.807) is 0 Å². The maximum atomic E-state index is 4.97. The molecular weight excluding hydrogens is 240 g/mol. The molecule has 1 fully saturated rings. The molecule has 1 heterocycles. The van der Waals surface area contributed by atoms with Crippen molar-refractivity contribution in [2.75, 3.05) is 6.54 Å². The van der Waals surface area contributed by atoms with Gasteiger partial charge >= 0.3 is 0 Å². The van der Waals surface area contributed by atoms with Crippen LogP contribution in [0.3, 0.4) is 0 Å². The lowest BCUT2D eigenvalue weighted by Crippen LogP contribution is -2.19. The molecule has 1 N–H and O–H groups in total. The highest BCUT2D eigenvalue weighted by Crippen LogP contribution is 2.50. The summed E-state index contributed by atoms with van der Waals surface area (Å²) in [5.41, 5.74) is 1.86. The molecule has 1 aliphatic carbocycles. The Labute approximate surface area is 115 Å². The third-order valence-electron chi connectivity index (χ3n) is 3.64. The molecule has 0 aromatic carbocycles. The zero-order valence-corrected chi connectivity index (χ0v) is 13.2. The highest BCUT2D eigenvalue weighted by atomic mass is 32.1. The summed E-state index contributed by atoms with van der Waals surface area (Å²) in [5, 5.41) is 4.88. The summed E-state index contributed by atoms with van der Waals surface area (Å²) >= 11 is 1.93. The average molecular weight is 266 g/mol. The maximum absolute atomic E-state index is 4.97. The van der Waals surface area contributed by atoms with Crippen molar-refractivity contribution in [2.24, 2.45) is 0 Å². The number of aromatic nitrogens is 1. The van der Waals surface area contributed by atoms with Gasteiger partial charge in [0.1, 0.15) is 0 Å². The van der Waals surface area contributed by atoms with Crippen LogP contribution in [0.2, 0.25) is 0 Å². The molecule has 0 amide bonds. The molecule has 1 aliphatic rings. The highest BCUT2D eigenvalue weighted by molar-refractivity contribution is 7.12. The molecule has 1 aromatic heterocycles. The van der Waals surface area contributed by atoms with Crippen molar-refractivity contribution in [2.45, 2.75) is 71.3 Å². The van der Waals surface area contributed by atoms with Crippen molar-refractivity contribution in [1.82, 2.24) is 10.3 Å². The van der Waals surface area contributed by atoms with Gasteiger partial charge in [-0.1, -0.05) is 34.6 Å². The van der Waals surface area contributed by atoms with Gasteiger partial charge in [0, 0.05) is 22.3 Å². The Morgan fingerprint density at radius 1 is 1.33 bits per heavy atom. The van der Waals surface area contributed by atoms with Gasteiger partial charge in [0.05, 0.1) is 10.7 Å². The smallest absolute Gasteiger partial charge is 0.0990 e. The quantitative estimate of drug-likeness (QED) is 0.815. The second-order valence-corrected chi connectivity index (χ2v) is 7.86. The molecule has 2 nitrogen and oxygen atoms in total. The minimum atomic E-state index is 0.156. The first kappa shape index (κ1) is 14.0. The normalized spacial score (nSPS) is 18.1. The molecule has 102 valence electrons. The summed E-state index contributed by atoms with van der Waals surface area (Å²) in [5.74, 6) is 0. The molecule has 0 aliphatic heterocycles. The fraction of sp³-hybridized carbons (Fsp3) is 0.800. The van der Waals surface area contributed by atoms with Gasteiger partial charge in [0.15, 0.2) is 0 Å². The van der Waals surface area contributed by atoms with Crippen molar-refractivity contribution < 1.29 is 0 Å². The highest BCUT2D eigenvalue weighted by Gasteiger charge is 2.43. The number of hydrogen-bond donors (Lipinski definition) is 1. The van der Waals surface area contributed by atoms with Crippen molar-refractivity contribution in [3.8, 4) is 0 Å². The van der Waals surface area contributed by atoms with Gasteiger partial charge < -0.3 is 5.32 Å². The van der Waals surface area contributed by atoms with Gasteiger partial charge in [-0.3, -0.25) is 0 Å². The van der Waals surface area contributed by atoms with Crippen LogP contribution in [0.1, 0.15) is 69.5 Å². The lowest BCUT2D eigenvalue weighted by atomic mass is 9.91.